The van der Waals surface area contributed by atoms with Gasteiger partial charge in [0.25, 0.3) is 0 Å². The Kier molecular flexibility index (Phi) is 6.14. The molecular formula is C12H15BrClFO. The van der Waals surface area contributed by atoms with Gasteiger partial charge in [-0.05, 0) is 46.8 Å². The first kappa shape index (κ1) is 13.8. The van der Waals surface area contributed by atoms with Crippen molar-refractivity contribution in [3.63, 3.8) is 0 Å². The van der Waals surface area contributed by atoms with Crippen LogP contribution in [0.3, 0.4) is 0 Å². The summed E-state index contributed by atoms with van der Waals surface area (Å²) in [5.74, 6) is 1.48. The Balaban J connectivity index is 2.34. The van der Waals surface area contributed by atoms with Gasteiger partial charge in [-0.15, -0.1) is 11.6 Å². The molecule has 1 aromatic carbocycles. The topological polar surface area (TPSA) is 9.23 Å². The van der Waals surface area contributed by atoms with Gasteiger partial charge in [0.2, 0.25) is 0 Å². The van der Waals surface area contributed by atoms with Crippen molar-refractivity contribution in [1.29, 1.82) is 0 Å². The van der Waals surface area contributed by atoms with Gasteiger partial charge in [0.05, 0.1) is 11.1 Å². The fourth-order valence-electron chi connectivity index (χ4n) is 1.28. The lowest BCUT2D eigenvalue weighted by Gasteiger charge is -2.11. The Morgan fingerprint density at radius 1 is 1.44 bits per heavy atom. The number of alkyl halides is 1. The second-order valence-electron chi connectivity index (χ2n) is 3.80. The second-order valence-corrected chi connectivity index (χ2v) is 5.03. The normalized spacial score (nSPS) is 12.5. The van der Waals surface area contributed by atoms with Gasteiger partial charge in [-0.25, -0.2) is 4.39 Å². The summed E-state index contributed by atoms with van der Waals surface area (Å²) in [6, 6.07) is 4.78. The van der Waals surface area contributed by atoms with Crippen LogP contribution < -0.4 is 4.74 Å². The van der Waals surface area contributed by atoms with Crippen LogP contribution in [-0.4, -0.2) is 12.5 Å². The molecule has 1 atom stereocenters. The van der Waals surface area contributed by atoms with Gasteiger partial charge < -0.3 is 4.74 Å². The average molecular weight is 310 g/mol. The van der Waals surface area contributed by atoms with Crippen molar-refractivity contribution >= 4 is 27.5 Å². The lowest BCUT2D eigenvalue weighted by atomic mass is 10.1. The SMILES string of the molecule is CC(CCCl)CCOc1ccc(Br)c(F)c1. The molecule has 0 aliphatic carbocycles. The monoisotopic (exact) mass is 308 g/mol. The third-order valence-electron chi connectivity index (χ3n) is 2.37. The van der Waals surface area contributed by atoms with Crippen molar-refractivity contribution in [2.45, 2.75) is 19.8 Å². The molecule has 0 bridgehead atoms. The standard InChI is InChI=1S/C12H15BrClFO/c1-9(4-6-14)5-7-16-10-2-3-11(13)12(15)8-10/h2-3,8-9H,4-7H2,1H3. The number of ether oxygens (including phenoxy) is 1. The molecule has 0 aliphatic rings. The van der Waals surface area contributed by atoms with Crippen LogP contribution in [0.1, 0.15) is 19.8 Å². The highest BCUT2D eigenvalue weighted by Gasteiger charge is 2.04. The van der Waals surface area contributed by atoms with Crippen LogP contribution in [0.2, 0.25) is 0 Å². The zero-order valence-corrected chi connectivity index (χ0v) is 11.5. The van der Waals surface area contributed by atoms with Crippen LogP contribution in [-0.2, 0) is 0 Å². The number of hydrogen-bond acceptors (Lipinski definition) is 1. The third kappa shape index (κ3) is 4.71. The Morgan fingerprint density at radius 2 is 2.19 bits per heavy atom. The molecule has 0 spiro atoms. The molecule has 0 saturated carbocycles. The average Bonchev–Trinajstić information content (AvgIpc) is 2.24. The van der Waals surface area contributed by atoms with Crippen LogP contribution in [0, 0.1) is 11.7 Å². The Hall–Kier alpha value is -0.280. The van der Waals surface area contributed by atoms with E-state index in [-0.39, 0.29) is 5.82 Å². The summed E-state index contributed by atoms with van der Waals surface area (Å²) in [4.78, 5) is 0. The molecule has 0 aromatic heterocycles. The highest BCUT2D eigenvalue weighted by atomic mass is 79.9. The molecule has 0 N–H and O–H groups in total. The fourth-order valence-corrected chi connectivity index (χ4v) is 1.89. The van der Waals surface area contributed by atoms with E-state index in [0.29, 0.717) is 28.6 Å². The second kappa shape index (κ2) is 7.13. The van der Waals surface area contributed by atoms with Crippen molar-refractivity contribution in [3.8, 4) is 5.75 Å². The van der Waals surface area contributed by atoms with Gasteiger partial charge in [-0.3, -0.25) is 0 Å². The summed E-state index contributed by atoms with van der Waals surface area (Å²) in [7, 11) is 0. The summed E-state index contributed by atoms with van der Waals surface area (Å²) in [5, 5.41) is 0. The van der Waals surface area contributed by atoms with Gasteiger partial charge in [0, 0.05) is 11.9 Å². The molecule has 1 nitrogen and oxygen atoms in total. The first-order valence-corrected chi connectivity index (χ1v) is 6.60. The van der Waals surface area contributed by atoms with Crippen LogP contribution in [0.5, 0.6) is 5.75 Å². The van der Waals surface area contributed by atoms with Crippen molar-refractivity contribution in [2.75, 3.05) is 12.5 Å². The van der Waals surface area contributed by atoms with E-state index in [1.54, 1.807) is 12.1 Å². The van der Waals surface area contributed by atoms with Crippen LogP contribution in [0.15, 0.2) is 22.7 Å². The number of benzene rings is 1. The molecule has 1 unspecified atom stereocenters. The van der Waals surface area contributed by atoms with E-state index in [1.807, 2.05) is 0 Å². The van der Waals surface area contributed by atoms with E-state index in [4.69, 9.17) is 16.3 Å². The maximum atomic E-state index is 13.1. The molecule has 4 heteroatoms. The Labute approximate surface area is 109 Å². The van der Waals surface area contributed by atoms with E-state index in [0.717, 1.165) is 12.8 Å². The summed E-state index contributed by atoms with van der Waals surface area (Å²) in [5.41, 5.74) is 0. The first-order chi connectivity index (χ1) is 7.63. The summed E-state index contributed by atoms with van der Waals surface area (Å²) in [6.07, 6.45) is 1.92. The quantitative estimate of drug-likeness (QED) is 0.697. The smallest absolute Gasteiger partial charge is 0.141 e. The van der Waals surface area contributed by atoms with Gasteiger partial charge >= 0.3 is 0 Å². The molecule has 0 amide bonds. The summed E-state index contributed by atoms with van der Waals surface area (Å²) >= 11 is 8.73. The minimum atomic E-state index is -0.300. The first-order valence-electron chi connectivity index (χ1n) is 5.27. The Morgan fingerprint density at radius 3 is 2.81 bits per heavy atom. The van der Waals surface area contributed by atoms with Crippen molar-refractivity contribution in [1.82, 2.24) is 0 Å². The number of halogens is 3. The number of rotatable bonds is 6. The number of hydrogen-bond donors (Lipinski definition) is 0. The van der Waals surface area contributed by atoms with Crippen molar-refractivity contribution in [2.24, 2.45) is 5.92 Å². The molecule has 0 saturated heterocycles. The minimum absolute atomic E-state index is 0.300. The highest BCUT2D eigenvalue weighted by Crippen LogP contribution is 2.21. The molecule has 0 fully saturated rings. The van der Waals surface area contributed by atoms with Crippen LogP contribution in [0.25, 0.3) is 0 Å². The van der Waals surface area contributed by atoms with Crippen molar-refractivity contribution in [3.05, 3.63) is 28.5 Å². The van der Waals surface area contributed by atoms with Crippen LogP contribution in [0.4, 0.5) is 4.39 Å². The van der Waals surface area contributed by atoms with E-state index in [9.17, 15) is 4.39 Å². The maximum Gasteiger partial charge on any atom is 0.141 e. The molecule has 0 aliphatic heterocycles. The van der Waals surface area contributed by atoms with Crippen LogP contribution >= 0.6 is 27.5 Å². The lowest BCUT2D eigenvalue weighted by Crippen LogP contribution is -2.04. The summed E-state index contributed by atoms with van der Waals surface area (Å²) < 4.78 is 19.1. The van der Waals surface area contributed by atoms with Gasteiger partial charge in [-0.2, -0.15) is 0 Å². The van der Waals surface area contributed by atoms with E-state index >= 15 is 0 Å². The molecule has 1 rings (SSSR count). The van der Waals surface area contributed by atoms with Gasteiger partial charge in [0.1, 0.15) is 11.6 Å². The molecular weight excluding hydrogens is 294 g/mol. The zero-order valence-electron chi connectivity index (χ0n) is 9.18. The minimum Gasteiger partial charge on any atom is -0.493 e. The van der Waals surface area contributed by atoms with E-state index < -0.39 is 0 Å². The molecule has 90 valence electrons. The van der Waals surface area contributed by atoms with E-state index in [1.165, 1.54) is 6.07 Å². The fraction of sp³-hybridized carbons (Fsp3) is 0.500. The maximum absolute atomic E-state index is 13.1. The molecule has 1 aromatic rings. The molecule has 16 heavy (non-hydrogen) atoms. The highest BCUT2D eigenvalue weighted by molar-refractivity contribution is 9.10. The van der Waals surface area contributed by atoms with Gasteiger partial charge in [-0.1, -0.05) is 6.92 Å². The molecule has 0 radical (unpaired) electrons. The summed E-state index contributed by atoms with van der Waals surface area (Å²) in [6.45, 7) is 2.73. The lowest BCUT2D eigenvalue weighted by molar-refractivity contribution is 0.281. The van der Waals surface area contributed by atoms with Crippen molar-refractivity contribution < 1.29 is 9.13 Å². The largest absolute Gasteiger partial charge is 0.493 e. The molecule has 0 heterocycles. The predicted molar refractivity (Wildman–Crippen MR) is 68.7 cm³/mol. The predicted octanol–water partition coefficient (Wildman–Crippen LogP) is 4.62. The van der Waals surface area contributed by atoms with Gasteiger partial charge in [0.15, 0.2) is 0 Å². The van der Waals surface area contributed by atoms with E-state index in [2.05, 4.69) is 22.9 Å². The third-order valence-corrected chi connectivity index (χ3v) is 3.23. The zero-order chi connectivity index (χ0) is 12.0. The Bertz CT molecular complexity index is 333.